The summed E-state index contributed by atoms with van der Waals surface area (Å²) in [7, 11) is 0. The molecule has 0 saturated carbocycles. The maximum atomic E-state index is 13.3. The van der Waals surface area contributed by atoms with E-state index in [1.165, 1.54) is 25.1 Å². The predicted molar refractivity (Wildman–Crippen MR) is 114 cm³/mol. The fraction of sp³-hybridized carbons (Fsp3) is 0.227. The van der Waals surface area contributed by atoms with Crippen LogP contribution in [-0.4, -0.2) is 30.4 Å². The number of carbonyl (C=O) groups excluding carboxylic acids is 3. The third-order valence-corrected chi connectivity index (χ3v) is 5.60. The number of amides is 2. The summed E-state index contributed by atoms with van der Waals surface area (Å²) in [5.74, 6) is -2.05. The zero-order valence-corrected chi connectivity index (χ0v) is 17.6. The lowest BCUT2D eigenvalue weighted by Crippen LogP contribution is -2.40. The quantitative estimate of drug-likeness (QED) is 0.582. The van der Waals surface area contributed by atoms with E-state index < -0.39 is 23.8 Å². The van der Waals surface area contributed by atoms with E-state index in [9.17, 15) is 18.8 Å². The van der Waals surface area contributed by atoms with Gasteiger partial charge in [0, 0.05) is 10.4 Å². The Kier molecular flexibility index (Phi) is 6.47. The van der Waals surface area contributed by atoms with Crippen LogP contribution in [0, 0.1) is 19.7 Å². The molecule has 1 heterocycles. The van der Waals surface area contributed by atoms with Crippen molar-refractivity contribution in [1.82, 2.24) is 5.32 Å². The maximum absolute atomic E-state index is 13.3. The molecule has 8 heteroatoms. The standard InChI is InChI=1S/C22H21FN2O4S/c1-12-5-4-6-13(2)20(12)25-19(26)11-24-21(27)14(3)29-22(28)18-10-15-9-16(23)7-8-17(15)30-18/h4-10,14H,11H2,1-3H3,(H,24,27)(H,25,26). The van der Waals surface area contributed by atoms with Crippen LogP contribution in [0.3, 0.4) is 0 Å². The largest absolute Gasteiger partial charge is 0.448 e. The highest BCUT2D eigenvalue weighted by atomic mass is 32.1. The molecule has 1 aromatic heterocycles. The van der Waals surface area contributed by atoms with Crippen LogP contribution in [0.1, 0.15) is 27.7 Å². The summed E-state index contributed by atoms with van der Waals surface area (Å²) in [6.07, 6.45) is -1.09. The van der Waals surface area contributed by atoms with E-state index in [4.69, 9.17) is 4.74 Å². The van der Waals surface area contributed by atoms with Gasteiger partial charge in [0.25, 0.3) is 5.91 Å². The molecular formula is C22H21FN2O4S. The van der Waals surface area contributed by atoms with Crippen LogP contribution in [0.2, 0.25) is 0 Å². The summed E-state index contributed by atoms with van der Waals surface area (Å²) in [5, 5.41) is 5.82. The summed E-state index contributed by atoms with van der Waals surface area (Å²) >= 11 is 1.15. The zero-order valence-electron chi connectivity index (χ0n) is 16.7. The van der Waals surface area contributed by atoms with Crippen LogP contribution in [0.5, 0.6) is 0 Å². The normalized spacial score (nSPS) is 11.7. The lowest BCUT2D eigenvalue weighted by Gasteiger charge is -2.14. The van der Waals surface area contributed by atoms with Gasteiger partial charge in [-0.2, -0.15) is 0 Å². The molecule has 1 unspecified atom stereocenters. The fourth-order valence-electron chi connectivity index (χ4n) is 2.89. The molecule has 0 aliphatic rings. The number of rotatable bonds is 6. The van der Waals surface area contributed by atoms with Crippen LogP contribution >= 0.6 is 11.3 Å². The van der Waals surface area contributed by atoms with Crippen LogP contribution in [0.25, 0.3) is 10.1 Å². The van der Waals surface area contributed by atoms with E-state index in [-0.39, 0.29) is 17.3 Å². The number of halogens is 1. The number of thiophene rings is 1. The van der Waals surface area contributed by atoms with E-state index >= 15 is 0 Å². The number of hydrogen-bond donors (Lipinski definition) is 2. The van der Waals surface area contributed by atoms with Crippen molar-refractivity contribution < 1.29 is 23.5 Å². The van der Waals surface area contributed by atoms with Gasteiger partial charge in [0.2, 0.25) is 5.91 Å². The number of hydrogen-bond acceptors (Lipinski definition) is 5. The van der Waals surface area contributed by atoms with E-state index in [2.05, 4.69) is 10.6 Å². The van der Waals surface area contributed by atoms with Gasteiger partial charge >= 0.3 is 5.97 Å². The Morgan fingerprint density at radius 3 is 2.50 bits per heavy atom. The van der Waals surface area contributed by atoms with Crippen molar-refractivity contribution in [3.05, 3.63) is 64.3 Å². The SMILES string of the molecule is Cc1cccc(C)c1NC(=O)CNC(=O)C(C)OC(=O)c1cc2cc(F)ccc2s1. The topological polar surface area (TPSA) is 84.5 Å². The number of anilines is 1. The van der Waals surface area contributed by atoms with Crippen LogP contribution in [0.4, 0.5) is 10.1 Å². The zero-order chi connectivity index (χ0) is 21.8. The minimum absolute atomic E-state index is 0.253. The van der Waals surface area contributed by atoms with E-state index in [0.717, 1.165) is 27.2 Å². The highest BCUT2D eigenvalue weighted by Crippen LogP contribution is 2.27. The lowest BCUT2D eigenvalue weighted by atomic mass is 10.1. The van der Waals surface area contributed by atoms with Gasteiger partial charge in [-0.1, -0.05) is 18.2 Å². The number of nitrogens with one attached hydrogen (secondary N) is 2. The second kappa shape index (κ2) is 9.04. The third kappa shape index (κ3) is 5.01. The number of fused-ring (bicyclic) bond motifs is 1. The Morgan fingerprint density at radius 1 is 1.10 bits per heavy atom. The Bertz CT molecular complexity index is 1110. The second-order valence-electron chi connectivity index (χ2n) is 6.87. The molecule has 0 bridgehead atoms. The van der Waals surface area contributed by atoms with Gasteiger partial charge in [0.1, 0.15) is 10.7 Å². The van der Waals surface area contributed by atoms with Gasteiger partial charge < -0.3 is 15.4 Å². The van der Waals surface area contributed by atoms with Crippen LogP contribution in [-0.2, 0) is 14.3 Å². The molecule has 1 atom stereocenters. The van der Waals surface area contributed by atoms with Crippen molar-refractivity contribution in [2.24, 2.45) is 0 Å². The summed E-state index contributed by atoms with van der Waals surface area (Å²) < 4.78 is 19.2. The first-order chi connectivity index (χ1) is 14.2. The number of ether oxygens (including phenoxy) is 1. The van der Waals surface area contributed by atoms with Crippen molar-refractivity contribution in [1.29, 1.82) is 0 Å². The maximum Gasteiger partial charge on any atom is 0.349 e. The minimum atomic E-state index is -1.09. The first-order valence-corrected chi connectivity index (χ1v) is 10.1. The summed E-state index contributed by atoms with van der Waals surface area (Å²) in [6, 6.07) is 11.4. The van der Waals surface area contributed by atoms with Gasteiger partial charge in [-0.05, 0) is 61.5 Å². The van der Waals surface area contributed by atoms with Gasteiger partial charge in [-0.15, -0.1) is 11.3 Å². The molecule has 2 aromatic carbocycles. The number of para-hydroxylation sites is 1. The molecule has 2 amide bonds. The summed E-state index contributed by atoms with van der Waals surface area (Å²) in [5.41, 5.74) is 2.54. The molecule has 3 rings (SSSR count). The first-order valence-electron chi connectivity index (χ1n) is 9.28. The van der Waals surface area contributed by atoms with Gasteiger partial charge in [-0.3, -0.25) is 9.59 Å². The highest BCUT2D eigenvalue weighted by molar-refractivity contribution is 7.20. The smallest absolute Gasteiger partial charge is 0.349 e. The molecule has 30 heavy (non-hydrogen) atoms. The Morgan fingerprint density at radius 2 is 1.80 bits per heavy atom. The van der Waals surface area contributed by atoms with E-state index in [0.29, 0.717) is 11.1 Å². The number of carbonyl (C=O) groups is 3. The molecule has 0 aliphatic heterocycles. The number of esters is 1. The monoisotopic (exact) mass is 428 g/mol. The molecule has 6 nitrogen and oxygen atoms in total. The summed E-state index contributed by atoms with van der Waals surface area (Å²) in [6.45, 7) is 4.93. The molecule has 0 saturated heterocycles. The van der Waals surface area contributed by atoms with E-state index in [1.54, 1.807) is 6.07 Å². The van der Waals surface area contributed by atoms with Crippen molar-refractivity contribution >= 4 is 44.9 Å². The van der Waals surface area contributed by atoms with Gasteiger partial charge in [-0.25, -0.2) is 9.18 Å². The number of benzene rings is 2. The molecular weight excluding hydrogens is 407 g/mol. The molecule has 0 aliphatic carbocycles. The Balaban J connectivity index is 1.53. The highest BCUT2D eigenvalue weighted by Gasteiger charge is 2.21. The van der Waals surface area contributed by atoms with Crippen molar-refractivity contribution in [2.45, 2.75) is 26.9 Å². The molecule has 0 fully saturated rings. The first kappa shape index (κ1) is 21.4. The lowest BCUT2D eigenvalue weighted by molar-refractivity contribution is -0.130. The third-order valence-electron chi connectivity index (χ3n) is 4.50. The van der Waals surface area contributed by atoms with Crippen LogP contribution < -0.4 is 10.6 Å². The van der Waals surface area contributed by atoms with Gasteiger partial charge in [0.15, 0.2) is 6.10 Å². The number of aryl methyl sites for hydroxylation is 2. The second-order valence-corrected chi connectivity index (χ2v) is 7.96. The van der Waals surface area contributed by atoms with Crippen LogP contribution in [0.15, 0.2) is 42.5 Å². The average Bonchev–Trinajstić information content (AvgIpc) is 3.12. The predicted octanol–water partition coefficient (Wildman–Crippen LogP) is 3.96. The average molecular weight is 428 g/mol. The van der Waals surface area contributed by atoms with E-state index in [1.807, 2.05) is 32.0 Å². The van der Waals surface area contributed by atoms with Crippen molar-refractivity contribution in [2.75, 3.05) is 11.9 Å². The Hall–Kier alpha value is -3.26. The minimum Gasteiger partial charge on any atom is -0.448 e. The van der Waals surface area contributed by atoms with Crippen molar-refractivity contribution in [3.63, 3.8) is 0 Å². The van der Waals surface area contributed by atoms with Crippen molar-refractivity contribution in [3.8, 4) is 0 Å². The van der Waals surface area contributed by atoms with Gasteiger partial charge in [0.05, 0.1) is 6.54 Å². The Labute approximate surface area is 177 Å². The summed E-state index contributed by atoms with van der Waals surface area (Å²) in [4.78, 5) is 36.9. The molecule has 156 valence electrons. The molecule has 2 N–H and O–H groups in total. The molecule has 0 radical (unpaired) electrons. The molecule has 0 spiro atoms. The molecule has 3 aromatic rings. The fourth-order valence-corrected chi connectivity index (χ4v) is 3.82.